The predicted molar refractivity (Wildman–Crippen MR) is 96.5 cm³/mol. The molecule has 2 heterocycles. The van der Waals surface area contributed by atoms with Crippen molar-refractivity contribution in [3.63, 3.8) is 0 Å². The van der Waals surface area contributed by atoms with E-state index in [0.717, 1.165) is 44.7 Å². The summed E-state index contributed by atoms with van der Waals surface area (Å²) < 4.78 is 5.28. The molecule has 1 aromatic rings. The zero-order valence-electron chi connectivity index (χ0n) is 15.3. The van der Waals surface area contributed by atoms with Gasteiger partial charge in [0.1, 0.15) is 0 Å². The van der Waals surface area contributed by atoms with Gasteiger partial charge in [-0.1, -0.05) is 32.9 Å². The molecule has 7 heteroatoms. The van der Waals surface area contributed by atoms with Crippen LogP contribution in [0.3, 0.4) is 0 Å². The van der Waals surface area contributed by atoms with Crippen molar-refractivity contribution >= 4 is 18.3 Å². The third-order valence-corrected chi connectivity index (χ3v) is 4.18. The Hall–Kier alpha value is -1.14. The van der Waals surface area contributed by atoms with E-state index in [-0.39, 0.29) is 23.7 Å². The van der Waals surface area contributed by atoms with Gasteiger partial charge in [-0.25, -0.2) is 0 Å². The molecule has 1 amide bonds. The van der Waals surface area contributed by atoms with E-state index in [1.807, 2.05) is 4.90 Å². The van der Waals surface area contributed by atoms with E-state index in [1.54, 1.807) is 0 Å². The summed E-state index contributed by atoms with van der Waals surface area (Å²) in [5, 5.41) is 7.36. The standard InChI is InChI=1S/C17H30N4O2.ClH/c1-5-11-21(13-9-10-18-12-13)15(22)8-6-7-14-19-16(20-23-14)17(2,3)4;/h13,18H,5-12H2,1-4H3;1H. The van der Waals surface area contributed by atoms with Gasteiger partial charge in [-0.05, 0) is 25.8 Å². The molecule has 0 aromatic carbocycles. The van der Waals surface area contributed by atoms with Gasteiger partial charge in [0.25, 0.3) is 0 Å². The lowest BCUT2D eigenvalue weighted by atomic mass is 9.96. The third kappa shape index (κ3) is 5.74. The fourth-order valence-corrected chi connectivity index (χ4v) is 2.85. The highest BCUT2D eigenvalue weighted by Crippen LogP contribution is 2.19. The van der Waals surface area contributed by atoms with E-state index in [0.29, 0.717) is 24.8 Å². The maximum absolute atomic E-state index is 12.5. The SMILES string of the molecule is CCCN(C(=O)CCCc1nc(C(C)(C)C)no1)C1CCNC1.Cl. The van der Waals surface area contributed by atoms with E-state index in [1.165, 1.54) is 0 Å². The summed E-state index contributed by atoms with van der Waals surface area (Å²) in [6.45, 7) is 11.1. The van der Waals surface area contributed by atoms with E-state index >= 15 is 0 Å². The molecule has 2 rings (SSSR count). The molecule has 1 atom stereocenters. The molecule has 138 valence electrons. The number of aromatic nitrogens is 2. The van der Waals surface area contributed by atoms with Gasteiger partial charge < -0.3 is 14.7 Å². The first kappa shape index (κ1) is 20.9. The number of nitrogens with one attached hydrogen (secondary N) is 1. The summed E-state index contributed by atoms with van der Waals surface area (Å²) >= 11 is 0. The topological polar surface area (TPSA) is 71.3 Å². The number of halogens is 1. The number of aryl methyl sites for hydroxylation is 1. The number of carbonyl (C=O) groups excluding carboxylic acids is 1. The number of carbonyl (C=O) groups is 1. The van der Waals surface area contributed by atoms with Crippen LogP contribution in [0.5, 0.6) is 0 Å². The first-order chi connectivity index (χ1) is 10.9. The largest absolute Gasteiger partial charge is 0.339 e. The van der Waals surface area contributed by atoms with Gasteiger partial charge in [-0.15, -0.1) is 12.4 Å². The molecular weight excluding hydrogens is 328 g/mol. The molecule has 1 saturated heterocycles. The van der Waals surface area contributed by atoms with Gasteiger partial charge in [-0.2, -0.15) is 4.98 Å². The Morgan fingerprint density at radius 1 is 1.42 bits per heavy atom. The summed E-state index contributed by atoms with van der Waals surface area (Å²) in [5.41, 5.74) is -0.106. The smallest absolute Gasteiger partial charge is 0.226 e. The van der Waals surface area contributed by atoms with Crippen molar-refractivity contribution < 1.29 is 9.32 Å². The van der Waals surface area contributed by atoms with Gasteiger partial charge in [-0.3, -0.25) is 4.79 Å². The predicted octanol–water partition coefficient (Wildman–Crippen LogP) is 2.71. The Bertz CT molecular complexity index is 507. The van der Waals surface area contributed by atoms with Gasteiger partial charge >= 0.3 is 0 Å². The van der Waals surface area contributed by atoms with Crippen molar-refractivity contribution in [1.29, 1.82) is 0 Å². The van der Waals surface area contributed by atoms with Crippen LogP contribution in [0.1, 0.15) is 65.1 Å². The summed E-state index contributed by atoms with van der Waals surface area (Å²) in [5.74, 6) is 1.60. The number of hydrogen-bond donors (Lipinski definition) is 1. The average Bonchev–Trinajstić information content (AvgIpc) is 3.15. The molecule has 1 aliphatic heterocycles. The lowest BCUT2D eigenvalue weighted by Crippen LogP contribution is -2.42. The Morgan fingerprint density at radius 3 is 2.71 bits per heavy atom. The van der Waals surface area contributed by atoms with Crippen molar-refractivity contribution in [3.8, 4) is 0 Å². The number of amides is 1. The van der Waals surface area contributed by atoms with Gasteiger partial charge in [0.2, 0.25) is 11.8 Å². The van der Waals surface area contributed by atoms with Crippen LogP contribution in [0.25, 0.3) is 0 Å². The first-order valence-corrected chi connectivity index (χ1v) is 8.75. The van der Waals surface area contributed by atoms with Gasteiger partial charge in [0.05, 0.1) is 0 Å². The van der Waals surface area contributed by atoms with E-state index in [4.69, 9.17) is 4.52 Å². The van der Waals surface area contributed by atoms with Crippen molar-refractivity contribution in [3.05, 3.63) is 11.7 Å². The molecule has 24 heavy (non-hydrogen) atoms. The van der Waals surface area contributed by atoms with E-state index in [2.05, 4.69) is 43.2 Å². The van der Waals surface area contributed by atoms with Gasteiger partial charge in [0.15, 0.2) is 5.82 Å². The molecule has 1 unspecified atom stereocenters. The lowest BCUT2D eigenvalue weighted by molar-refractivity contribution is -0.133. The second-order valence-electron chi connectivity index (χ2n) is 7.35. The maximum Gasteiger partial charge on any atom is 0.226 e. The summed E-state index contributed by atoms with van der Waals surface area (Å²) in [6.07, 6.45) is 4.03. The normalized spacial score (nSPS) is 17.6. The zero-order chi connectivity index (χ0) is 16.9. The zero-order valence-corrected chi connectivity index (χ0v) is 16.1. The van der Waals surface area contributed by atoms with Crippen LogP contribution in [-0.2, 0) is 16.6 Å². The second-order valence-corrected chi connectivity index (χ2v) is 7.35. The maximum atomic E-state index is 12.5. The van der Waals surface area contributed by atoms with Crippen molar-refractivity contribution in [1.82, 2.24) is 20.4 Å². The monoisotopic (exact) mass is 358 g/mol. The molecule has 6 nitrogen and oxygen atoms in total. The minimum absolute atomic E-state index is 0. The van der Waals surface area contributed by atoms with Gasteiger partial charge in [0, 0.05) is 37.4 Å². The highest BCUT2D eigenvalue weighted by atomic mass is 35.5. The fourth-order valence-electron chi connectivity index (χ4n) is 2.85. The quantitative estimate of drug-likeness (QED) is 0.811. The third-order valence-electron chi connectivity index (χ3n) is 4.18. The minimum Gasteiger partial charge on any atom is -0.339 e. The fraction of sp³-hybridized carbons (Fsp3) is 0.824. The Labute approximate surface area is 151 Å². The van der Waals surface area contributed by atoms with Crippen LogP contribution >= 0.6 is 12.4 Å². The first-order valence-electron chi connectivity index (χ1n) is 8.75. The van der Waals surface area contributed by atoms with E-state index < -0.39 is 0 Å². The van der Waals surface area contributed by atoms with Crippen molar-refractivity contribution in [2.24, 2.45) is 0 Å². The summed E-state index contributed by atoms with van der Waals surface area (Å²) in [7, 11) is 0. The number of hydrogen-bond acceptors (Lipinski definition) is 5. The Morgan fingerprint density at radius 2 is 2.17 bits per heavy atom. The Kier molecular flexibility index (Phi) is 8.16. The average molecular weight is 359 g/mol. The van der Waals surface area contributed by atoms with Crippen molar-refractivity contribution in [2.45, 2.75) is 71.3 Å². The van der Waals surface area contributed by atoms with Crippen LogP contribution in [0.15, 0.2) is 4.52 Å². The molecular formula is C17H31ClN4O2. The van der Waals surface area contributed by atoms with Crippen molar-refractivity contribution in [2.75, 3.05) is 19.6 Å². The molecule has 1 aliphatic rings. The number of rotatable bonds is 7. The summed E-state index contributed by atoms with van der Waals surface area (Å²) in [6, 6.07) is 0.360. The molecule has 0 spiro atoms. The molecule has 0 aliphatic carbocycles. The highest BCUT2D eigenvalue weighted by Gasteiger charge is 2.25. The molecule has 0 saturated carbocycles. The highest BCUT2D eigenvalue weighted by molar-refractivity contribution is 5.85. The molecule has 1 N–H and O–H groups in total. The summed E-state index contributed by atoms with van der Waals surface area (Å²) in [4.78, 5) is 19.0. The molecule has 1 fully saturated rings. The van der Waals surface area contributed by atoms with Crippen LogP contribution in [0.2, 0.25) is 0 Å². The Balaban J connectivity index is 0.00000288. The van der Waals surface area contributed by atoms with E-state index in [9.17, 15) is 4.79 Å². The lowest BCUT2D eigenvalue weighted by Gasteiger charge is -2.28. The molecule has 0 bridgehead atoms. The second kappa shape index (κ2) is 9.37. The molecule has 1 aromatic heterocycles. The minimum atomic E-state index is -0.106. The van der Waals surface area contributed by atoms with Crippen LogP contribution in [0, 0.1) is 0 Å². The number of nitrogens with zero attached hydrogens (tertiary/aromatic N) is 3. The van der Waals surface area contributed by atoms with Crippen LogP contribution < -0.4 is 5.32 Å². The van der Waals surface area contributed by atoms with Crippen LogP contribution in [-0.4, -0.2) is 46.6 Å². The molecule has 0 radical (unpaired) electrons. The van der Waals surface area contributed by atoms with Crippen LogP contribution in [0.4, 0.5) is 0 Å².